The molecular formula is C17H27ClN2O3. The molecule has 23 heavy (non-hydrogen) atoms. The summed E-state index contributed by atoms with van der Waals surface area (Å²) in [5.74, 6) is 2.17. The van der Waals surface area contributed by atoms with Crippen LogP contribution in [0.1, 0.15) is 36.9 Å². The van der Waals surface area contributed by atoms with Gasteiger partial charge in [-0.15, -0.1) is 12.4 Å². The summed E-state index contributed by atoms with van der Waals surface area (Å²) in [6, 6.07) is 3.79. The summed E-state index contributed by atoms with van der Waals surface area (Å²) < 4.78 is 10.6. The number of amides is 1. The third-order valence-electron chi connectivity index (χ3n) is 4.03. The number of carbonyl (C=O) groups excluding carboxylic acids is 1. The largest absolute Gasteiger partial charge is 0.493 e. The first-order valence-corrected chi connectivity index (χ1v) is 7.77. The van der Waals surface area contributed by atoms with Crippen LogP contribution >= 0.6 is 12.4 Å². The molecule has 5 nitrogen and oxygen atoms in total. The van der Waals surface area contributed by atoms with Crippen LogP contribution in [-0.2, 0) is 4.79 Å². The van der Waals surface area contributed by atoms with Gasteiger partial charge in [-0.1, -0.05) is 0 Å². The van der Waals surface area contributed by atoms with E-state index >= 15 is 0 Å². The number of hydrogen-bond donors (Lipinski definition) is 2. The summed E-state index contributed by atoms with van der Waals surface area (Å²) in [7, 11) is 3.23. The molecule has 0 aromatic heterocycles. The van der Waals surface area contributed by atoms with Crippen molar-refractivity contribution in [3.8, 4) is 11.5 Å². The summed E-state index contributed by atoms with van der Waals surface area (Å²) in [5.41, 5.74) is 2.10. The average Bonchev–Trinajstić information content (AvgIpc) is 3.30. The molecule has 0 heterocycles. The summed E-state index contributed by atoms with van der Waals surface area (Å²) in [5, 5.41) is 6.22. The molecule has 1 aliphatic carbocycles. The third-order valence-corrected chi connectivity index (χ3v) is 4.03. The Morgan fingerprint density at radius 2 is 1.87 bits per heavy atom. The number of ether oxygens (including phenoxy) is 2. The Morgan fingerprint density at radius 1 is 1.26 bits per heavy atom. The number of hydrogen-bond acceptors (Lipinski definition) is 4. The Bertz CT molecular complexity index is 533. The molecule has 0 radical (unpaired) electrons. The van der Waals surface area contributed by atoms with Crippen LogP contribution in [0.5, 0.6) is 11.5 Å². The number of halogens is 1. The maximum absolute atomic E-state index is 12.0. The molecule has 1 aromatic rings. The van der Waals surface area contributed by atoms with E-state index in [4.69, 9.17) is 9.47 Å². The molecule has 1 amide bonds. The zero-order valence-corrected chi connectivity index (χ0v) is 15.1. The standard InChI is InChI=1S/C17H26N2O3.ClH/c1-11-7-15(21-3)16(22-4)8-14(11)12(2)19-17(20)10-18-9-13-5-6-13;/h7-8,12-13,18H,5-6,9-10H2,1-4H3,(H,19,20);1H. The lowest BCUT2D eigenvalue weighted by molar-refractivity contribution is -0.120. The Morgan fingerprint density at radius 3 is 2.43 bits per heavy atom. The Balaban J connectivity index is 0.00000264. The van der Waals surface area contributed by atoms with Gasteiger partial charge in [-0.25, -0.2) is 0 Å². The van der Waals surface area contributed by atoms with Gasteiger partial charge < -0.3 is 20.1 Å². The van der Waals surface area contributed by atoms with Crippen LogP contribution in [0.25, 0.3) is 0 Å². The first-order valence-electron chi connectivity index (χ1n) is 7.77. The van der Waals surface area contributed by atoms with E-state index in [1.165, 1.54) is 12.8 Å². The van der Waals surface area contributed by atoms with E-state index in [9.17, 15) is 4.79 Å². The number of methoxy groups -OCH3 is 2. The summed E-state index contributed by atoms with van der Waals surface area (Å²) in [4.78, 5) is 12.0. The molecule has 0 spiro atoms. The van der Waals surface area contributed by atoms with Gasteiger partial charge in [-0.2, -0.15) is 0 Å². The minimum Gasteiger partial charge on any atom is -0.493 e. The monoisotopic (exact) mass is 342 g/mol. The lowest BCUT2D eigenvalue weighted by Gasteiger charge is -2.19. The number of rotatable bonds is 8. The fraction of sp³-hybridized carbons (Fsp3) is 0.588. The second kappa shape index (κ2) is 8.99. The third kappa shape index (κ3) is 5.59. The molecule has 0 bridgehead atoms. The maximum Gasteiger partial charge on any atom is 0.234 e. The SMILES string of the molecule is COc1cc(C)c(C(C)NC(=O)CNCC2CC2)cc1OC.Cl. The maximum atomic E-state index is 12.0. The molecule has 1 atom stereocenters. The van der Waals surface area contributed by atoms with Gasteiger partial charge in [-0.05, 0) is 62.4 Å². The van der Waals surface area contributed by atoms with Crippen LogP contribution < -0.4 is 20.1 Å². The molecule has 130 valence electrons. The number of nitrogens with one attached hydrogen (secondary N) is 2. The normalized spacial score (nSPS) is 14.6. The Kier molecular flexibility index (Phi) is 7.65. The van der Waals surface area contributed by atoms with Crippen molar-refractivity contribution >= 4 is 18.3 Å². The zero-order chi connectivity index (χ0) is 16.1. The molecule has 2 N–H and O–H groups in total. The molecule has 1 unspecified atom stereocenters. The van der Waals surface area contributed by atoms with Crippen LogP contribution in [0, 0.1) is 12.8 Å². The highest BCUT2D eigenvalue weighted by molar-refractivity contribution is 5.85. The fourth-order valence-corrected chi connectivity index (χ4v) is 2.54. The van der Waals surface area contributed by atoms with Gasteiger partial charge >= 0.3 is 0 Å². The first kappa shape index (κ1) is 19.6. The molecular weight excluding hydrogens is 316 g/mol. The van der Waals surface area contributed by atoms with E-state index in [2.05, 4.69) is 10.6 Å². The van der Waals surface area contributed by atoms with Gasteiger partial charge in [-0.3, -0.25) is 4.79 Å². The minimum atomic E-state index is -0.0740. The van der Waals surface area contributed by atoms with Gasteiger partial charge in [0.25, 0.3) is 0 Å². The minimum absolute atomic E-state index is 0. The summed E-state index contributed by atoms with van der Waals surface area (Å²) >= 11 is 0. The first-order chi connectivity index (χ1) is 10.5. The van der Waals surface area contributed by atoms with Crippen molar-refractivity contribution in [2.24, 2.45) is 5.92 Å². The molecule has 1 aliphatic rings. The van der Waals surface area contributed by atoms with E-state index < -0.39 is 0 Å². The van der Waals surface area contributed by atoms with Crippen LogP contribution in [0.4, 0.5) is 0 Å². The predicted molar refractivity (Wildman–Crippen MR) is 93.7 cm³/mol. The van der Waals surface area contributed by atoms with Crippen molar-refractivity contribution in [3.63, 3.8) is 0 Å². The van der Waals surface area contributed by atoms with E-state index in [0.29, 0.717) is 18.0 Å². The second-order valence-electron chi connectivity index (χ2n) is 5.93. The van der Waals surface area contributed by atoms with Gasteiger partial charge in [0.1, 0.15) is 0 Å². The van der Waals surface area contributed by atoms with Crippen LogP contribution in [0.15, 0.2) is 12.1 Å². The van der Waals surface area contributed by atoms with Crippen LogP contribution in [0.3, 0.4) is 0 Å². The number of benzene rings is 1. The lowest BCUT2D eigenvalue weighted by Crippen LogP contribution is -2.36. The highest BCUT2D eigenvalue weighted by Gasteiger charge is 2.21. The quantitative estimate of drug-likeness (QED) is 0.762. The summed E-state index contributed by atoms with van der Waals surface area (Å²) in [6.45, 7) is 5.29. The van der Waals surface area contributed by atoms with Crippen molar-refractivity contribution in [2.75, 3.05) is 27.3 Å². The van der Waals surface area contributed by atoms with Crippen LogP contribution in [-0.4, -0.2) is 33.2 Å². The molecule has 2 rings (SSSR count). The molecule has 1 fully saturated rings. The molecule has 1 aromatic carbocycles. The number of carbonyl (C=O) groups is 1. The van der Waals surface area contributed by atoms with Crippen molar-refractivity contribution in [2.45, 2.75) is 32.7 Å². The predicted octanol–water partition coefficient (Wildman–Crippen LogP) is 2.61. The Labute approximate surface area is 144 Å². The second-order valence-corrected chi connectivity index (χ2v) is 5.93. The topological polar surface area (TPSA) is 59.6 Å². The average molecular weight is 343 g/mol. The van der Waals surface area contributed by atoms with Gasteiger partial charge in [0.05, 0.1) is 26.8 Å². The van der Waals surface area contributed by atoms with Crippen LogP contribution in [0.2, 0.25) is 0 Å². The molecule has 1 saturated carbocycles. The summed E-state index contributed by atoms with van der Waals surface area (Å²) in [6.07, 6.45) is 2.58. The Hall–Kier alpha value is -1.46. The lowest BCUT2D eigenvalue weighted by atomic mass is 10.0. The zero-order valence-electron chi connectivity index (χ0n) is 14.3. The highest BCUT2D eigenvalue weighted by Crippen LogP contribution is 2.32. The van der Waals surface area contributed by atoms with E-state index in [-0.39, 0.29) is 24.4 Å². The molecule has 6 heteroatoms. The smallest absolute Gasteiger partial charge is 0.234 e. The highest BCUT2D eigenvalue weighted by atomic mass is 35.5. The van der Waals surface area contributed by atoms with Gasteiger partial charge in [0.2, 0.25) is 5.91 Å². The molecule has 0 saturated heterocycles. The van der Waals surface area contributed by atoms with Crippen molar-refractivity contribution < 1.29 is 14.3 Å². The van der Waals surface area contributed by atoms with Crippen molar-refractivity contribution in [3.05, 3.63) is 23.3 Å². The van der Waals surface area contributed by atoms with Gasteiger partial charge in [0.15, 0.2) is 11.5 Å². The van der Waals surface area contributed by atoms with Crippen molar-refractivity contribution in [1.82, 2.24) is 10.6 Å². The fourth-order valence-electron chi connectivity index (χ4n) is 2.54. The van der Waals surface area contributed by atoms with E-state index in [1.54, 1.807) is 14.2 Å². The van der Waals surface area contributed by atoms with Crippen molar-refractivity contribution in [1.29, 1.82) is 0 Å². The molecule has 0 aliphatic heterocycles. The van der Waals surface area contributed by atoms with E-state index in [1.807, 2.05) is 26.0 Å². The van der Waals surface area contributed by atoms with E-state index in [0.717, 1.165) is 23.6 Å². The number of aryl methyl sites for hydroxylation is 1. The van der Waals surface area contributed by atoms with Gasteiger partial charge in [0, 0.05) is 0 Å².